The molecule has 2 aromatic rings. The summed E-state index contributed by atoms with van der Waals surface area (Å²) in [5.74, 6) is -1.98. The zero-order chi connectivity index (χ0) is 28.9. The molecule has 1 aromatic carbocycles. The van der Waals surface area contributed by atoms with Crippen molar-refractivity contribution in [2.24, 2.45) is 0 Å². The number of aldehydes is 1. The number of hydrogen-bond donors (Lipinski definition) is 3. The van der Waals surface area contributed by atoms with E-state index in [9.17, 15) is 33.4 Å². The Bertz CT molecular complexity index is 1150. The lowest BCUT2D eigenvalue weighted by atomic mass is 9.95. The number of aliphatic hydroxyl groups is 1. The number of hydrogen-bond acceptors (Lipinski definition) is 6. The van der Waals surface area contributed by atoms with Crippen LogP contribution in [0.5, 0.6) is 0 Å². The molecule has 1 aromatic heterocycles. The van der Waals surface area contributed by atoms with Gasteiger partial charge in [-0.1, -0.05) is 44.8 Å². The number of likely N-dealkylation sites (N-methyl/N-ethyl adjacent to an activating group) is 1. The van der Waals surface area contributed by atoms with Gasteiger partial charge in [0.25, 0.3) is 0 Å². The van der Waals surface area contributed by atoms with Gasteiger partial charge in [0.1, 0.15) is 23.0 Å². The molecule has 7 nitrogen and oxygen atoms in total. The molecule has 4 rings (SSSR count). The van der Waals surface area contributed by atoms with Gasteiger partial charge in [0.2, 0.25) is 5.91 Å². The van der Waals surface area contributed by atoms with E-state index >= 15 is 0 Å². The molecular weight excluding hydrogens is 550 g/mol. The largest absolute Gasteiger partial charge is 0.392 e. The summed E-state index contributed by atoms with van der Waals surface area (Å²) in [5.41, 5.74) is -0.0345. The van der Waals surface area contributed by atoms with E-state index in [0.717, 1.165) is 43.3 Å². The Balaban J connectivity index is 0.000000449. The Hall–Kier alpha value is -2.84. The van der Waals surface area contributed by atoms with E-state index in [-0.39, 0.29) is 30.3 Å². The van der Waals surface area contributed by atoms with E-state index in [4.69, 9.17) is 5.11 Å². The number of β-amino-alcohol motifs (C(OH)–C–C–N with tert-alkyl or cyclic N) is 1. The highest BCUT2D eigenvalue weighted by molar-refractivity contribution is 8.45. The zero-order valence-electron chi connectivity index (χ0n) is 21.2. The number of pyridine rings is 1. The van der Waals surface area contributed by atoms with Crippen LogP contribution in [0.1, 0.15) is 50.1 Å². The molecule has 218 valence electrons. The van der Waals surface area contributed by atoms with Crippen LogP contribution >= 0.6 is 10.2 Å². The third kappa shape index (κ3) is 8.57. The van der Waals surface area contributed by atoms with Crippen molar-refractivity contribution in [1.82, 2.24) is 15.6 Å². The van der Waals surface area contributed by atoms with Crippen LogP contribution < -0.4 is 15.5 Å². The lowest BCUT2D eigenvalue weighted by Gasteiger charge is -2.40. The molecule has 1 saturated heterocycles. The first-order chi connectivity index (χ1) is 18.1. The summed E-state index contributed by atoms with van der Waals surface area (Å²) in [6, 6.07) is 2.38. The van der Waals surface area contributed by atoms with Crippen LogP contribution in [-0.4, -0.2) is 54.1 Å². The average Bonchev–Trinajstić information content (AvgIpc) is 3.29. The first kappa shape index (κ1) is 30.7. The summed E-state index contributed by atoms with van der Waals surface area (Å²) in [4.78, 5) is 25.8. The number of nitrogens with zero attached hydrogens (tertiary/aromatic N) is 2. The van der Waals surface area contributed by atoms with Crippen molar-refractivity contribution in [3.63, 3.8) is 0 Å². The average molecular weight is 583 g/mol. The van der Waals surface area contributed by atoms with Crippen LogP contribution in [-0.2, 0) is 9.59 Å². The first-order valence-electron chi connectivity index (χ1n) is 12.4. The van der Waals surface area contributed by atoms with Gasteiger partial charge in [-0.05, 0) is 43.5 Å². The zero-order valence-corrected chi connectivity index (χ0v) is 22.0. The van der Waals surface area contributed by atoms with Gasteiger partial charge >= 0.3 is 10.2 Å². The van der Waals surface area contributed by atoms with Gasteiger partial charge in [0.05, 0.1) is 17.8 Å². The molecule has 0 bridgehead atoms. The second kappa shape index (κ2) is 11.3. The minimum absolute atomic E-state index is 0.0610. The summed E-state index contributed by atoms with van der Waals surface area (Å²) in [6.07, 6.45) is 8.54. The van der Waals surface area contributed by atoms with Gasteiger partial charge in [-0.3, -0.25) is 9.78 Å². The molecule has 2 fully saturated rings. The molecule has 1 aliphatic heterocycles. The van der Waals surface area contributed by atoms with E-state index in [1.54, 1.807) is 12.1 Å². The van der Waals surface area contributed by atoms with Gasteiger partial charge in [-0.15, -0.1) is 0 Å². The Morgan fingerprint density at radius 2 is 1.87 bits per heavy atom. The molecule has 1 aliphatic carbocycles. The fraction of sp³-hybridized carbons (Fsp3) is 0.480. The molecule has 1 saturated carbocycles. The molecule has 3 N–H and O–H groups in total. The van der Waals surface area contributed by atoms with Crippen LogP contribution in [0.25, 0.3) is 0 Å². The molecule has 0 spiro atoms. The summed E-state index contributed by atoms with van der Waals surface area (Å²) in [5, 5.41) is 14.6. The SMILES string of the molecule is CN(c1ccc(S(F)(F)(F)(F)F)cc1F)C(C(=O)NC1CCCCC1)c1cccnc1.O=CC1CC(O)CN1. The maximum absolute atomic E-state index is 14.6. The van der Waals surface area contributed by atoms with E-state index in [1.165, 1.54) is 19.4 Å². The topological polar surface area (TPSA) is 94.6 Å². The quantitative estimate of drug-likeness (QED) is 0.299. The summed E-state index contributed by atoms with van der Waals surface area (Å²) in [6.45, 7) is 0.559. The van der Waals surface area contributed by atoms with Gasteiger partial charge in [-0.25, -0.2) is 4.39 Å². The summed E-state index contributed by atoms with van der Waals surface area (Å²) < 4.78 is 79.7. The van der Waals surface area contributed by atoms with E-state index in [1.807, 2.05) is 0 Å². The van der Waals surface area contributed by atoms with Crippen LogP contribution in [0, 0.1) is 5.82 Å². The smallest absolute Gasteiger partial charge is 0.310 e. The van der Waals surface area contributed by atoms with Gasteiger partial charge in [-0.2, -0.15) is 0 Å². The number of anilines is 1. The van der Waals surface area contributed by atoms with Crippen molar-refractivity contribution in [3.05, 3.63) is 54.1 Å². The molecule has 3 atom stereocenters. The number of carbonyl (C=O) groups excluding carboxylic acids is 2. The lowest BCUT2D eigenvalue weighted by molar-refractivity contribution is -0.123. The number of carbonyl (C=O) groups is 2. The molecule has 14 heteroatoms. The number of aromatic nitrogens is 1. The van der Waals surface area contributed by atoms with E-state index < -0.39 is 38.6 Å². The number of aliphatic hydroxyl groups excluding tert-OH is 1. The van der Waals surface area contributed by atoms with Gasteiger partial charge in [0, 0.05) is 37.6 Å². The predicted octanol–water partition coefficient (Wildman–Crippen LogP) is 5.41. The monoisotopic (exact) mass is 582 g/mol. The second-order valence-electron chi connectivity index (χ2n) is 9.77. The highest BCUT2D eigenvalue weighted by atomic mass is 32.5. The minimum Gasteiger partial charge on any atom is -0.392 e. The third-order valence-electron chi connectivity index (χ3n) is 6.64. The fourth-order valence-electron chi connectivity index (χ4n) is 4.62. The molecule has 39 heavy (non-hydrogen) atoms. The molecular formula is C25H32F6N4O3S. The van der Waals surface area contributed by atoms with Crippen molar-refractivity contribution in [3.8, 4) is 0 Å². The molecule has 2 aliphatic rings. The van der Waals surface area contributed by atoms with Gasteiger partial charge in [0.15, 0.2) is 0 Å². The van der Waals surface area contributed by atoms with Crippen molar-refractivity contribution >= 4 is 28.1 Å². The maximum atomic E-state index is 14.6. The Labute approximate surface area is 222 Å². The van der Waals surface area contributed by atoms with Crippen LogP contribution in [0.15, 0.2) is 47.6 Å². The first-order valence-corrected chi connectivity index (χ1v) is 14.4. The Kier molecular flexibility index (Phi) is 8.92. The van der Waals surface area contributed by atoms with E-state index in [0.29, 0.717) is 24.6 Å². The number of rotatable bonds is 7. The van der Waals surface area contributed by atoms with Crippen LogP contribution in [0.4, 0.5) is 29.5 Å². The predicted molar refractivity (Wildman–Crippen MR) is 137 cm³/mol. The minimum atomic E-state index is -10.0. The normalized spacial score (nSPS) is 22.5. The standard InChI is InChI=1S/C20H23F6N3OS.C5H9NO2/c1-29(18-10-9-16(12-17(18)21)31(22,23,24,25)26)19(14-6-5-11-27-13-14)20(30)28-15-7-3-2-4-8-15;7-3-4-1-5(8)2-6-4/h5-6,9-13,15,19H,2-4,7-8H2,1H3,(H,28,30);3-6,8H,1-2H2. The molecule has 1 amide bonds. The van der Waals surface area contributed by atoms with Crippen LogP contribution in [0.3, 0.4) is 0 Å². The highest BCUT2D eigenvalue weighted by Gasteiger charge is 2.65. The van der Waals surface area contributed by atoms with Crippen molar-refractivity contribution < 1.29 is 38.5 Å². The Morgan fingerprint density at radius 3 is 2.36 bits per heavy atom. The fourth-order valence-corrected chi connectivity index (χ4v) is 5.27. The van der Waals surface area contributed by atoms with Crippen molar-refractivity contribution in [2.45, 2.75) is 67.6 Å². The number of halogens is 6. The van der Waals surface area contributed by atoms with Crippen molar-refractivity contribution in [1.29, 1.82) is 0 Å². The van der Waals surface area contributed by atoms with Crippen molar-refractivity contribution in [2.75, 3.05) is 18.5 Å². The number of amides is 1. The van der Waals surface area contributed by atoms with Crippen LogP contribution in [0.2, 0.25) is 0 Å². The third-order valence-corrected chi connectivity index (χ3v) is 7.78. The number of benzene rings is 1. The highest BCUT2D eigenvalue weighted by Crippen LogP contribution is 3.02. The molecule has 0 radical (unpaired) electrons. The second-order valence-corrected chi connectivity index (χ2v) is 12.2. The van der Waals surface area contributed by atoms with Gasteiger partial charge < -0.3 is 25.4 Å². The molecule has 2 heterocycles. The van der Waals surface area contributed by atoms with E-state index in [2.05, 4.69) is 15.6 Å². The summed E-state index contributed by atoms with van der Waals surface area (Å²) in [7, 11) is -8.71. The Morgan fingerprint density at radius 1 is 1.18 bits per heavy atom. The molecule has 3 unspecified atom stereocenters. The maximum Gasteiger partial charge on any atom is 0.310 e. The summed E-state index contributed by atoms with van der Waals surface area (Å²) >= 11 is 0. The number of nitrogens with one attached hydrogen (secondary N) is 2. The lowest BCUT2D eigenvalue weighted by Crippen LogP contribution is -2.44.